The predicted molar refractivity (Wildman–Crippen MR) is 66.4 cm³/mol. The zero-order valence-corrected chi connectivity index (χ0v) is 10.2. The summed E-state index contributed by atoms with van der Waals surface area (Å²) in [6.07, 6.45) is 2.11. The number of nitrogens with two attached hydrogens (primary N) is 1. The number of hydrogen-bond donors (Lipinski definition) is 2. The Balaban J connectivity index is 2.38. The van der Waals surface area contributed by atoms with Crippen molar-refractivity contribution < 1.29 is 4.21 Å². The first kappa shape index (κ1) is 11.4. The van der Waals surface area contributed by atoms with Crippen LogP contribution in [0.2, 0.25) is 0 Å². The molecule has 16 heavy (non-hydrogen) atoms. The number of anilines is 1. The summed E-state index contributed by atoms with van der Waals surface area (Å²) in [6, 6.07) is 7.35. The quantitative estimate of drug-likeness (QED) is 0.786. The van der Waals surface area contributed by atoms with Crippen molar-refractivity contribution in [3.63, 3.8) is 0 Å². The molecule has 5 heteroatoms. The molecule has 0 aliphatic heterocycles. The van der Waals surface area contributed by atoms with E-state index in [0.717, 1.165) is 17.7 Å². The average molecular weight is 239 g/mol. The highest BCUT2D eigenvalue weighted by Gasteiger charge is 2.24. The van der Waals surface area contributed by atoms with Gasteiger partial charge < -0.3 is 5.73 Å². The molecule has 1 aliphatic rings. The van der Waals surface area contributed by atoms with Crippen molar-refractivity contribution in [1.82, 2.24) is 4.72 Å². The molecule has 4 nitrogen and oxygen atoms in total. The van der Waals surface area contributed by atoms with E-state index in [1.807, 2.05) is 6.92 Å². The van der Waals surface area contributed by atoms with Gasteiger partial charge >= 0.3 is 0 Å². The van der Waals surface area contributed by atoms with Gasteiger partial charge in [-0.1, -0.05) is 6.92 Å². The minimum atomic E-state index is -2.45. The molecule has 0 saturated heterocycles. The summed E-state index contributed by atoms with van der Waals surface area (Å²) in [5, 5.41) is 0. The van der Waals surface area contributed by atoms with Crippen molar-refractivity contribution >= 4 is 15.6 Å². The third-order valence-corrected chi connectivity index (χ3v) is 4.57. The van der Waals surface area contributed by atoms with Crippen LogP contribution >= 0.6 is 0 Å². The van der Waals surface area contributed by atoms with E-state index in [4.69, 9.17) is 5.73 Å². The summed E-state index contributed by atoms with van der Waals surface area (Å²) in [5.74, 6) is 0. The summed E-state index contributed by atoms with van der Waals surface area (Å²) >= 11 is 0. The molecule has 88 valence electrons. The first-order valence-corrected chi connectivity index (χ1v) is 7.02. The van der Waals surface area contributed by atoms with Gasteiger partial charge in [0.15, 0.2) is 0 Å². The van der Waals surface area contributed by atoms with E-state index in [1.54, 1.807) is 24.3 Å². The summed E-state index contributed by atoms with van der Waals surface area (Å²) in [6.45, 7) is 2.57. The maximum absolute atomic E-state index is 12.6. The highest BCUT2D eigenvalue weighted by molar-refractivity contribution is 7.91. The van der Waals surface area contributed by atoms with Gasteiger partial charge in [0.05, 0.1) is 10.9 Å². The summed E-state index contributed by atoms with van der Waals surface area (Å²) < 4.78 is 20.0. The maximum atomic E-state index is 12.6. The normalized spacial score (nSPS) is 19.1. The Hall–Kier alpha value is -1.07. The Kier molecular flexibility index (Phi) is 3.16. The van der Waals surface area contributed by atoms with Crippen LogP contribution in [0.3, 0.4) is 0 Å². The molecule has 0 spiro atoms. The Labute approximate surface area is 96.6 Å². The molecule has 0 bridgehead atoms. The fourth-order valence-electron chi connectivity index (χ4n) is 1.42. The molecule has 1 saturated carbocycles. The maximum Gasteiger partial charge on any atom is 0.137 e. The average Bonchev–Trinajstić information content (AvgIpc) is 3.02. The Morgan fingerprint density at radius 2 is 2.06 bits per heavy atom. The van der Waals surface area contributed by atoms with E-state index >= 15 is 0 Å². The summed E-state index contributed by atoms with van der Waals surface area (Å²) in [5.41, 5.74) is 6.29. The molecule has 0 aromatic heterocycles. The zero-order chi connectivity index (χ0) is 11.6. The number of benzene rings is 1. The van der Waals surface area contributed by atoms with Crippen LogP contribution in [0.4, 0.5) is 5.69 Å². The first-order valence-electron chi connectivity index (χ1n) is 5.50. The van der Waals surface area contributed by atoms with Crippen molar-refractivity contribution in [1.29, 1.82) is 0 Å². The third kappa shape index (κ3) is 2.54. The van der Waals surface area contributed by atoms with Gasteiger partial charge in [0.2, 0.25) is 0 Å². The Bertz CT molecular complexity index is 471. The van der Waals surface area contributed by atoms with E-state index in [9.17, 15) is 4.21 Å². The second kappa shape index (κ2) is 4.43. The van der Waals surface area contributed by atoms with Crippen LogP contribution in [-0.2, 0) is 9.92 Å². The van der Waals surface area contributed by atoms with E-state index in [2.05, 4.69) is 9.08 Å². The third-order valence-electron chi connectivity index (χ3n) is 2.38. The molecular formula is C11H17N3OS. The van der Waals surface area contributed by atoms with Crippen molar-refractivity contribution in [3.8, 4) is 0 Å². The second-order valence-corrected chi connectivity index (χ2v) is 5.95. The standard InChI is InChI=1S/C11H17N3OS/c1-2-13-16(15,14-10-5-6-10)11-7-3-9(12)4-8-11/h3-4,7-8,10H,2,5-6,12H2,1H3,(H,13,14,15). The van der Waals surface area contributed by atoms with E-state index in [0.29, 0.717) is 12.2 Å². The topological polar surface area (TPSA) is 67.5 Å². The number of nitrogens with zero attached hydrogens (tertiary/aromatic N) is 1. The van der Waals surface area contributed by atoms with Gasteiger partial charge in [0, 0.05) is 12.2 Å². The molecule has 0 heterocycles. The fourth-order valence-corrected chi connectivity index (χ4v) is 3.31. The molecule has 0 radical (unpaired) electrons. The number of hydrogen-bond acceptors (Lipinski definition) is 3. The van der Waals surface area contributed by atoms with Gasteiger partial charge in [0.25, 0.3) is 0 Å². The molecule has 3 N–H and O–H groups in total. The predicted octanol–water partition coefficient (Wildman–Crippen LogP) is 1.78. The smallest absolute Gasteiger partial charge is 0.137 e. The van der Waals surface area contributed by atoms with Crippen LogP contribution in [0.25, 0.3) is 0 Å². The lowest BCUT2D eigenvalue weighted by Gasteiger charge is -2.10. The number of nitrogens with one attached hydrogen (secondary N) is 1. The molecule has 0 amide bonds. The van der Waals surface area contributed by atoms with Crippen molar-refractivity contribution in [2.45, 2.75) is 30.7 Å². The van der Waals surface area contributed by atoms with Crippen molar-refractivity contribution in [2.75, 3.05) is 12.3 Å². The van der Waals surface area contributed by atoms with Gasteiger partial charge in [0.1, 0.15) is 9.92 Å². The van der Waals surface area contributed by atoms with Gasteiger partial charge in [-0.05, 0) is 37.1 Å². The molecule has 2 rings (SSSR count). The fraction of sp³-hybridized carbons (Fsp3) is 0.455. The molecule has 1 fully saturated rings. The van der Waals surface area contributed by atoms with Crippen LogP contribution in [0.5, 0.6) is 0 Å². The Morgan fingerprint density at radius 1 is 1.44 bits per heavy atom. The zero-order valence-electron chi connectivity index (χ0n) is 9.35. The minimum absolute atomic E-state index is 0.268. The summed E-state index contributed by atoms with van der Waals surface area (Å²) in [4.78, 5) is 0.718. The molecule has 1 aromatic rings. The van der Waals surface area contributed by atoms with E-state index in [-0.39, 0.29) is 6.04 Å². The lowest BCUT2D eigenvalue weighted by molar-refractivity contribution is 0.664. The first-order chi connectivity index (χ1) is 7.64. The van der Waals surface area contributed by atoms with E-state index < -0.39 is 9.92 Å². The van der Waals surface area contributed by atoms with Crippen molar-refractivity contribution in [3.05, 3.63) is 24.3 Å². The Morgan fingerprint density at radius 3 is 2.56 bits per heavy atom. The number of nitrogen functional groups attached to an aromatic ring is 1. The minimum Gasteiger partial charge on any atom is -0.399 e. The SMILES string of the molecule is CCNS(=O)(=NC1CC1)c1ccc(N)cc1. The van der Waals surface area contributed by atoms with Gasteiger partial charge in [-0.2, -0.15) is 0 Å². The highest BCUT2D eigenvalue weighted by atomic mass is 32.2. The van der Waals surface area contributed by atoms with Crippen LogP contribution in [0.15, 0.2) is 33.5 Å². The molecule has 1 atom stereocenters. The number of rotatable bonds is 4. The largest absolute Gasteiger partial charge is 0.399 e. The van der Waals surface area contributed by atoms with E-state index in [1.165, 1.54) is 0 Å². The van der Waals surface area contributed by atoms with Crippen LogP contribution < -0.4 is 10.5 Å². The molecule has 1 aliphatic carbocycles. The van der Waals surface area contributed by atoms with Crippen LogP contribution in [0, 0.1) is 0 Å². The van der Waals surface area contributed by atoms with Crippen molar-refractivity contribution in [2.24, 2.45) is 4.36 Å². The lowest BCUT2D eigenvalue weighted by atomic mass is 10.3. The lowest BCUT2D eigenvalue weighted by Crippen LogP contribution is -2.23. The second-order valence-electron chi connectivity index (χ2n) is 3.93. The summed E-state index contributed by atoms with van der Waals surface area (Å²) in [7, 11) is -2.45. The molecule has 1 unspecified atom stereocenters. The van der Waals surface area contributed by atoms with Gasteiger partial charge in [-0.3, -0.25) is 0 Å². The highest BCUT2D eigenvalue weighted by Crippen LogP contribution is 2.27. The van der Waals surface area contributed by atoms with Gasteiger partial charge in [-0.25, -0.2) is 13.3 Å². The monoisotopic (exact) mass is 239 g/mol. The van der Waals surface area contributed by atoms with Crippen LogP contribution in [0.1, 0.15) is 19.8 Å². The molecule has 1 aromatic carbocycles. The van der Waals surface area contributed by atoms with Gasteiger partial charge in [-0.15, -0.1) is 0 Å². The molecular weight excluding hydrogens is 222 g/mol. The van der Waals surface area contributed by atoms with Crippen LogP contribution in [-0.4, -0.2) is 16.8 Å².